The minimum absolute atomic E-state index is 0.0760. The number of carbonyl (C=O) groups excluding carboxylic acids is 1. The average molecular weight is 625 g/mol. The topological polar surface area (TPSA) is 95.9 Å². The summed E-state index contributed by atoms with van der Waals surface area (Å²) in [4.78, 5) is 15.9. The van der Waals surface area contributed by atoms with Crippen molar-refractivity contribution in [3.63, 3.8) is 0 Å². The second kappa shape index (κ2) is 11.4. The van der Waals surface area contributed by atoms with Gasteiger partial charge in [-0.3, -0.25) is 4.79 Å². The van der Waals surface area contributed by atoms with E-state index in [0.717, 1.165) is 68.6 Å². The third kappa shape index (κ3) is 5.48. The first-order valence-electron chi connectivity index (χ1n) is 15.9. The number of nitrogens with one attached hydrogen (secondary N) is 1. The zero-order valence-corrected chi connectivity index (χ0v) is 26.1. The Balaban J connectivity index is 1.29. The molecule has 6 atom stereocenters. The van der Waals surface area contributed by atoms with Crippen molar-refractivity contribution < 1.29 is 23.1 Å². The van der Waals surface area contributed by atoms with Crippen molar-refractivity contribution in [1.82, 2.24) is 4.72 Å². The summed E-state index contributed by atoms with van der Waals surface area (Å²) in [6, 6.07) is 11.5. The molecule has 2 heterocycles. The number of anilines is 1. The number of rotatable bonds is 0. The highest BCUT2D eigenvalue weighted by atomic mass is 35.5. The van der Waals surface area contributed by atoms with Crippen LogP contribution in [0.3, 0.4) is 0 Å². The van der Waals surface area contributed by atoms with Crippen LogP contribution in [0.1, 0.15) is 79.3 Å². The van der Waals surface area contributed by atoms with Gasteiger partial charge in [-0.1, -0.05) is 42.7 Å². The van der Waals surface area contributed by atoms with Gasteiger partial charge in [0.1, 0.15) is 5.75 Å². The van der Waals surface area contributed by atoms with Crippen LogP contribution in [-0.2, 0) is 21.9 Å². The molecular weight excluding hydrogens is 584 g/mol. The lowest BCUT2D eigenvalue weighted by Gasteiger charge is -2.45. The third-order valence-corrected chi connectivity index (χ3v) is 13.0. The van der Waals surface area contributed by atoms with E-state index in [0.29, 0.717) is 43.2 Å². The van der Waals surface area contributed by atoms with Gasteiger partial charge in [-0.05, 0) is 111 Å². The van der Waals surface area contributed by atoms with Crippen molar-refractivity contribution in [2.45, 2.75) is 81.0 Å². The number of allylic oxidation sites excluding steroid dienone is 1. The summed E-state index contributed by atoms with van der Waals surface area (Å²) in [6.07, 6.45) is 12.0. The Bertz CT molecular complexity index is 1540. The van der Waals surface area contributed by atoms with E-state index < -0.39 is 27.3 Å². The number of amides is 1. The number of aliphatic hydroxyl groups is 1. The molecule has 2 aromatic carbocycles. The fourth-order valence-electron chi connectivity index (χ4n) is 8.46. The van der Waals surface area contributed by atoms with Crippen LogP contribution < -0.4 is 14.4 Å². The Kier molecular flexibility index (Phi) is 7.75. The van der Waals surface area contributed by atoms with Gasteiger partial charge in [0.15, 0.2) is 0 Å². The molecule has 2 N–H and O–H groups in total. The van der Waals surface area contributed by atoms with Gasteiger partial charge in [0.2, 0.25) is 10.0 Å². The van der Waals surface area contributed by atoms with Crippen LogP contribution in [0.5, 0.6) is 5.75 Å². The summed E-state index contributed by atoms with van der Waals surface area (Å²) < 4.78 is 36.1. The minimum atomic E-state index is -3.88. The van der Waals surface area contributed by atoms with Crippen molar-refractivity contribution in [1.29, 1.82) is 0 Å². The van der Waals surface area contributed by atoms with Crippen molar-refractivity contribution in [2.75, 3.05) is 24.6 Å². The number of fused-ring (bicyclic) bond motifs is 5. The Morgan fingerprint density at radius 3 is 2.72 bits per heavy atom. The van der Waals surface area contributed by atoms with Crippen LogP contribution in [0.15, 0.2) is 48.6 Å². The summed E-state index contributed by atoms with van der Waals surface area (Å²) >= 11 is 6.40. The van der Waals surface area contributed by atoms with Crippen LogP contribution in [-0.4, -0.2) is 50.5 Å². The zero-order valence-electron chi connectivity index (χ0n) is 24.5. The molecule has 7 rings (SSSR count). The second-order valence-electron chi connectivity index (χ2n) is 13.5. The van der Waals surface area contributed by atoms with E-state index in [2.05, 4.69) is 21.8 Å². The summed E-state index contributed by atoms with van der Waals surface area (Å²) in [6.45, 7) is 1.94. The number of aliphatic hydroxyl groups excluding tert-OH is 1. The maximum Gasteiger partial charge on any atom is 0.264 e. The van der Waals surface area contributed by atoms with Gasteiger partial charge in [-0.15, -0.1) is 0 Å². The molecule has 9 heteroatoms. The molecule has 2 saturated carbocycles. The van der Waals surface area contributed by atoms with Crippen molar-refractivity contribution in [3.8, 4) is 5.75 Å². The lowest BCUT2D eigenvalue weighted by Crippen LogP contribution is -2.49. The number of nitrogens with zero attached hydrogens (tertiary/aromatic N) is 1. The quantitative estimate of drug-likeness (QED) is 0.361. The standard InChI is InChI=1S/C34H41ClN2O5S/c35-26-12-14-28-23(17-26)7-4-16-34(28)20-37-19-25-10-13-27(25)30(38)8-3-6-22-5-1-2-9-32(22)43(40,41)36-33(39)24-11-15-31(42-21-34)29(37)18-24/h3,8,11-12,14-15,17-18,22,25,27,30,32,38H,1-2,4-7,9-10,13,16,19-21H2,(H,36,39)/b8-3+/t22-,25-,27+,30-,32+,34-/m0/s1. The minimum Gasteiger partial charge on any atom is -0.490 e. The molecule has 0 unspecified atom stereocenters. The Hall–Kier alpha value is -2.55. The molecular formula is C34H41ClN2O5S. The number of halogens is 1. The van der Waals surface area contributed by atoms with Gasteiger partial charge >= 0.3 is 0 Å². The fourth-order valence-corrected chi connectivity index (χ4v) is 10.4. The predicted octanol–water partition coefficient (Wildman–Crippen LogP) is 5.78. The summed E-state index contributed by atoms with van der Waals surface area (Å²) in [5.41, 5.74) is 3.39. The lowest BCUT2D eigenvalue weighted by molar-refractivity contribution is 0.0455. The van der Waals surface area contributed by atoms with E-state index in [9.17, 15) is 18.3 Å². The number of ether oxygens (including phenoxy) is 1. The van der Waals surface area contributed by atoms with Gasteiger partial charge in [-0.25, -0.2) is 13.1 Å². The monoisotopic (exact) mass is 624 g/mol. The molecule has 3 aliphatic carbocycles. The molecule has 0 radical (unpaired) electrons. The highest BCUT2D eigenvalue weighted by Crippen LogP contribution is 2.47. The maximum absolute atomic E-state index is 13.5. The number of sulfonamides is 1. The first-order valence-corrected chi connectivity index (χ1v) is 17.9. The van der Waals surface area contributed by atoms with E-state index in [1.54, 1.807) is 12.1 Å². The Morgan fingerprint density at radius 1 is 1.02 bits per heavy atom. The number of hydrogen-bond acceptors (Lipinski definition) is 6. The van der Waals surface area contributed by atoms with Crippen LogP contribution >= 0.6 is 11.6 Å². The zero-order chi connectivity index (χ0) is 29.8. The number of hydrogen-bond donors (Lipinski definition) is 2. The smallest absolute Gasteiger partial charge is 0.264 e. The summed E-state index contributed by atoms with van der Waals surface area (Å²) in [5, 5.41) is 11.4. The molecule has 1 amide bonds. The van der Waals surface area contributed by atoms with Crippen LogP contribution in [0.4, 0.5) is 5.69 Å². The van der Waals surface area contributed by atoms with E-state index >= 15 is 0 Å². The van der Waals surface area contributed by atoms with Crippen LogP contribution in [0, 0.1) is 17.8 Å². The van der Waals surface area contributed by atoms with Gasteiger partial charge in [0, 0.05) is 29.1 Å². The predicted molar refractivity (Wildman–Crippen MR) is 168 cm³/mol. The molecule has 0 saturated heterocycles. The molecule has 230 valence electrons. The van der Waals surface area contributed by atoms with E-state index in [1.807, 2.05) is 24.3 Å². The second-order valence-corrected chi connectivity index (χ2v) is 15.8. The third-order valence-electron chi connectivity index (χ3n) is 10.9. The molecule has 2 bridgehead atoms. The molecule has 5 aliphatic rings. The van der Waals surface area contributed by atoms with Crippen LogP contribution in [0.2, 0.25) is 5.02 Å². The fraction of sp³-hybridized carbons (Fsp3) is 0.559. The molecule has 2 aromatic rings. The van der Waals surface area contributed by atoms with Gasteiger partial charge in [-0.2, -0.15) is 0 Å². The maximum atomic E-state index is 13.5. The largest absolute Gasteiger partial charge is 0.490 e. The van der Waals surface area contributed by atoms with E-state index in [-0.39, 0.29) is 17.3 Å². The molecule has 0 aromatic heterocycles. The van der Waals surface area contributed by atoms with E-state index in [1.165, 1.54) is 11.1 Å². The van der Waals surface area contributed by atoms with Crippen molar-refractivity contribution in [2.24, 2.45) is 17.8 Å². The average Bonchev–Trinajstić information content (AvgIpc) is 3.11. The number of aryl methyl sites for hydroxylation is 1. The van der Waals surface area contributed by atoms with Gasteiger partial charge < -0.3 is 14.7 Å². The molecule has 2 aliphatic heterocycles. The van der Waals surface area contributed by atoms with E-state index in [4.69, 9.17) is 16.3 Å². The summed E-state index contributed by atoms with van der Waals surface area (Å²) in [5.74, 6) is 0.463. The van der Waals surface area contributed by atoms with Gasteiger partial charge in [0.25, 0.3) is 5.91 Å². The van der Waals surface area contributed by atoms with Crippen molar-refractivity contribution in [3.05, 3.63) is 70.3 Å². The molecule has 43 heavy (non-hydrogen) atoms. The number of carbonyl (C=O) groups is 1. The Labute approximate surface area is 259 Å². The number of benzene rings is 2. The normalized spacial score (nSPS) is 34.3. The first-order chi connectivity index (χ1) is 20.7. The first kappa shape index (κ1) is 29.2. The SMILES string of the molecule is O=C1NS(=O)(=O)[C@@H]2CCCC[C@H]2C/C=C/[C@H](O)[C@@H]2CC[C@H]2CN2C[C@@]3(CCCc4cc(Cl)ccc43)COc3ccc1cc32. The van der Waals surface area contributed by atoms with Crippen LogP contribution in [0.25, 0.3) is 0 Å². The highest BCUT2D eigenvalue weighted by molar-refractivity contribution is 7.90. The molecule has 2 fully saturated rings. The molecule has 1 spiro atoms. The van der Waals surface area contributed by atoms with Crippen molar-refractivity contribution >= 4 is 33.2 Å². The Morgan fingerprint density at radius 2 is 1.88 bits per heavy atom. The summed E-state index contributed by atoms with van der Waals surface area (Å²) in [7, 11) is -3.88. The van der Waals surface area contributed by atoms with Gasteiger partial charge in [0.05, 0.1) is 23.6 Å². The molecule has 7 nitrogen and oxygen atoms in total. The lowest BCUT2D eigenvalue weighted by atomic mass is 9.68. The highest BCUT2D eigenvalue weighted by Gasteiger charge is 2.44.